The SMILES string of the molecule is CC(C)C1=C(C(C)(C)C)NCC1C(C)C. The fourth-order valence-corrected chi connectivity index (χ4v) is 2.62. The minimum atomic E-state index is 0.267. The molecule has 1 aliphatic rings. The van der Waals surface area contributed by atoms with Crippen LogP contribution in [-0.4, -0.2) is 6.54 Å². The first kappa shape index (κ1) is 12.6. The van der Waals surface area contributed by atoms with E-state index in [1.54, 1.807) is 5.57 Å². The molecule has 1 N–H and O–H groups in total. The van der Waals surface area contributed by atoms with Gasteiger partial charge in [-0.25, -0.2) is 0 Å². The molecule has 0 saturated carbocycles. The predicted octanol–water partition coefficient (Wildman–Crippen LogP) is 3.82. The summed E-state index contributed by atoms with van der Waals surface area (Å²) in [5, 5.41) is 3.64. The number of hydrogen-bond acceptors (Lipinski definition) is 1. The Balaban J connectivity index is 3.09. The Hall–Kier alpha value is -0.460. The molecule has 0 saturated heterocycles. The second-order valence-electron chi connectivity index (χ2n) is 6.47. The van der Waals surface area contributed by atoms with Gasteiger partial charge >= 0.3 is 0 Å². The first-order valence-electron chi connectivity index (χ1n) is 6.23. The standard InChI is InChI=1S/C14H27N/c1-9(2)11-8-15-13(14(5,6)7)12(11)10(3)4/h9-11,15H,8H2,1-7H3. The van der Waals surface area contributed by atoms with Crippen LogP contribution >= 0.6 is 0 Å². The molecule has 1 aliphatic heterocycles. The third-order valence-corrected chi connectivity index (χ3v) is 3.36. The van der Waals surface area contributed by atoms with E-state index in [0.717, 1.165) is 18.4 Å². The molecule has 0 amide bonds. The summed E-state index contributed by atoms with van der Waals surface area (Å²) in [7, 11) is 0. The van der Waals surface area contributed by atoms with Crippen molar-refractivity contribution in [3.8, 4) is 0 Å². The van der Waals surface area contributed by atoms with Gasteiger partial charge < -0.3 is 5.32 Å². The molecule has 1 heteroatoms. The van der Waals surface area contributed by atoms with Crippen LogP contribution in [0.2, 0.25) is 0 Å². The lowest BCUT2D eigenvalue weighted by molar-refractivity contribution is 0.430. The number of rotatable bonds is 2. The maximum Gasteiger partial charge on any atom is 0.0213 e. The highest BCUT2D eigenvalue weighted by Crippen LogP contribution is 2.39. The van der Waals surface area contributed by atoms with Gasteiger partial charge in [0, 0.05) is 23.6 Å². The molecular weight excluding hydrogens is 182 g/mol. The average Bonchev–Trinajstić information content (AvgIpc) is 2.45. The molecule has 88 valence electrons. The van der Waals surface area contributed by atoms with Crippen LogP contribution < -0.4 is 5.32 Å². The summed E-state index contributed by atoms with van der Waals surface area (Å²) in [6.07, 6.45) is 0. The minimum absolute atomic E-state index is 0.267. The van der Waals surface area contributed by atoms with E-state index in [9.17, 15) is 0 Å². The highest BCUT2D eigenvalue weighted by atomic mass is 14.9. The van der Waals surface area contributed by atoms with Gasteiger partial charge in [0.25, 0.3) is 0 Å². The Morgan fingerprint density at radius 3 is 2.00 bits per heavy atom. The third-order valence-electron chi connectivity index (χ3n) is 3.36. The van der Waals surface area contributed by atoms with Crippen molar-refractivity contribution in [3.05, 3.63) is 11.3 Å². The van der Waals surface area contributed by atoms with Gasteiger partial charge in [-0.2, -0.15) is 0 Å². The van der Waals surface area contributed by atoms with Gasteiger partial charge in [0.15, 0.2) is 0 Å². The Morgan fingerprint density at radius 2 is 1.67 bits per heavy atom. The normalized spacial score (nSPS) is 22.9. The zero-order valence-electron chi connectivity index (χ0n) is 11.4. The third kappa shape index (κ3) is 2.56. The first-order valence-corrected chi connectivity index (χ1v) is 6.23. The Morgan fingerprint density at radius 1 is 1.13 bits per heavy atom. The largest absolute Gasteiger partial charge is 0.387 e. The number of hydrogen-bond donors (Lipinski definition) is 1. The van der Waals surface area contributed by atoms with E-state index in [4.69, 9.17) is 0 Å². The van der Waals surface area contributed by atoms with E-state index < -0.39 is 0 Å². The van der Waals surface area contributed by atoms with Crippen molar-refractivity contribution < 1.29 is 0 Å². The summed E-state index contributed by atoms with van der Waals surface area (Å²) in [6, 6.07) is 0. The Labute approximate surface area is 95.3 Å². The second kappa shape index (κ2) is 4.19. The lowest BCUT2D eigenvalue weighted by Gasteiger charge is -2.26. The molecule has 0 aromatic heterocycles. The Kier molecular flexibility index (Phi) is 3.52. The summed E-state index contributed by atoms with van der Waals surface area (Å²) in [5.74, 6) is 2.15. The van der Waals surface area contributed by atoms with Crippen molar-refractivity contribution >= 4 is 0 Å². The van der Waals surface area contributed by atoms with Crippen LogP contribution in [0.4, 0.5) is 0 Å². The number of allylic oxidation sites excluding steroid dienone is 1. The van der Waals surface area contributed by atoms with E-state index in [2.05, 4.69) is 53.8 Å². The van der Waals surface area contributed by atoms with Gasteiger partial charge in [0.1, 0.15) is 0 Å². The zero-order valence-corrected chi connectivity index (χ0v) is 11.4. The molecule has 1 rings (SSSR count). The van der Waals surface area contributed by atoms with Gasteiger partial charge in [0.05, 0.1) is 0 Å². The molecule has 0 aliphatic carbocycles. The van der Waals surface area contributed by atoms with Gasteiger partial charge in [-0.1, -0.05) is 48.5 Å². The summed E-state index contributed by atoms with van der Waals surface area (Å²) in [4.78, 5) is 0. The van der Waals surface area contributed by atoms with Crippen LogP contribution in [0.1, 0.15) is 48.5 Å². The van der Waals surface area contributed by atoms with E-state index >= 15 is 0 Å². The monoisotopic (exact) mass is 209 g/mol. The number of nitrogens with one attached hydrogen (secondary N) is 1. The summed E-state index contributed by atoms with van der Waals surface area (Å²) in [6.45, 7) is 17.4. The molecule has 1 unspecified atom stereocenters. The van der Waals surface area contributed by atoms with Crippen molar-refractivity contribution in [1.82, 2.24) is 5.32 Å². The smallest absolute Gasteiger partial charge is 0.0213 e. The van der Waals surface area contributed by atoms with Gasteiger partial charge in [-0.3, -0.25) is 0 Å². The highest BCUT2D eigenvalue weighted by Gasteiger charge is 2.34. The van der Waals surface area contributed by atoms with Crippen molar-refractivity contribution in [2.75, 3.05) is 6.54 Å². The predicted molar refractivity (Wildman–Crippen MR) is 67.6 cm³/mol. The van der Waals surface area contributed by atoms with Gasteiger partial charge in [-0.05, 0) is 17.4 Å². The fraction of sp³-hybridized carbons (Fsp3) is 0.857. The van der Waals surface area contributed by atoms with Crippen LogP contribution in [0.5, 0.6) is 0 Å². The minimum Gasteiger partial charge on any atom is -0.387 e. The van der Waals surface area contributed by atoms with E-state index in [-0.39, 0.29) is 5.41 Å². The molecule has 1 atom stereocenters. The molecule has 0 aromatic rings. The van der Waals surface area contributed by atoms with E-state index in [0.29, 0.717) is 5.92 Å². The van der Waals surface area contributed by atoms with Gasteiger partial charge in [0.2, 0.25) is 0 Å². The lowest BCUT2D eigenvalue weighted by atomic mass is 9.79. The molecule has 15 heavy (non-hydrogen) atoms. The topological polar surface area (TPSA) is 12.0 Å². The highest BCUT2D eigenvalue weighted by molar-refractivity contribution is 5.28. The van der Waals surface area contributed by atoms with Crippen molar-refractivity contribution in [2.24, 2.45) is 23.2 Å². The Bertz CT molecular complexity index is 253. The van der Waals surface area contributed by atoms with Crippen LogP contribution in [-0.2, 0) is 0 Å². The lowest BCUT2D eigenvalue weighted by Crippen LogP contribution is -2.22. The molecule has 0 bridgehead atoms. The van der Waals surface area contributed by atoms with Crippen LogP contribution in [0.25, 0.3) is 0 Å². The van der Waals surface area contributed by atoms with E-state index in [1.165, 1.54) is 5.70 Å². The molecule has 1 heterocycles. The second-order valence-corrected chi connectivity index (χ2v) is 6.47. The molecular formula is C14H27N. The quantitative estimate of drug-likeness (QED) is 0.729. The van der Waals surface area contributed by atoms with Crippen molar-refractivity contribution in [2.45, 2.75) is 48.5 Å². The molecule has 0 radical (unpaired) electrons. The summed E-state index contributed by atoms with van der Waals surface area (Å²) >= 11 is 0. The van der Waals surface area contributed by atoms with Crippen molar-refractivity contribution in [1.29, 1.82) is 0 Å². The van der Waals surface area contributed by atoms with E-state index in [1.807, 2.05) is 0 Å². The van der Waals surface area contributed by atoms with Crippen LogP contribution in [0, 0.1) is 23.2 Å². The molecule has 1 nitrogen and oxygen atoms in total. The van der Waals surface area contributed by atoms with Crippen LogP contribution in [0.3, 0.4) is 0 Å². The fourth-order valence-electron chi connectivity index (χ4n) is 2.62. The molecule has 0 spiro atoms. The maximum atomic E-state index is 3.64. The molecule has 0 fully saturated rings. The summed E-state index contributed by atoms with van der Waals surface area (Å²) in [5.41, 5.74) is 3.43. The first-order chi connectivity index (χ1) is 6.75. The van der Waals surface area contributed by atoms with Crippen LogP contribution in [0.15, 0.2) is 11.3 Å². The molecule has 0 aromatic carbocycles. The van der Waals surface area contributed by atoms with Crippen molar-refractivity contribution in [3.63, 3.8) is 0 Å². The zero-order chi connectivity index (χ0) is 11.8. The maximum absolute atomic E-state index is 3.64. The van der Waals surface area contributed by atoms with Gasteiger partial charge in [-0.15, -0.1) is 0 Å². The summed E-state index contributed by atoms with van der Waals surface area (Å²) < 4.78 is 0. The average molecular weight is 209 g/mol.